The number of hydrogen-bond acceptors (Lipinski definition) is 6. The maximum absolute atomic E-state index is 13.2. The van der Waals surface area contributed by atoms with Crippen LogP contribution < -0.4 is 14.8 Å². The van der Waals surface area contributed by atoms with Crippen LogP contribution in [0.5, 0.6) is 11.5 Å². The first kappa shape index (κ1) is 23.7. The quantitative estimate of drug-likeness (QED) is 0.619. The van der Waals surface area contributed by atoms with Gasteiger partial charge < -0.3 is 24.2 Å². The van der Waals surface area contributed by atoms with Gasteiger partial charge in [-0.25, -0.2) is 4.79 Å². The molecule has 0 spiro atoms. The smallest absolute Gasteiger partial charge is 0.411 e. The molecule has 1 aromatic carbocycles. The number of hydrogen-bond donors (Lipinski definition) is 2. The molecule has 29 heavy (non-hydrogen) atoms. The summed E-state index contributed by atoms with van der Waals surface area (Å²) in [5, 5.41) is 12.1. The lowest BCUT2D eigenvalue weighted by Crippen LogP contribution is -2.38. The SMILES string of the molecule is COc1cc(C(=O)N2CCCC2CO)c(NC(=O)OCC(Cl)(Cl)Cl)c(OC)c1C. The monoisotopic (exact) mass is 468 g/mol. The minimum absolute atomic E-state index is 0.105. The number of carbonyl (C=O) groups excluding carboxylic acids is 2. The zero-order valence-electron chi connectivity index (χ0n) is 16.3. The van der Waals surface area contributed by atoms with Gasteiger partial charge in [-0.15, -0.1) is 0 Å². The molecule has 2 amide bonds. The number of aliphatic hydroxyl groups is 1. The summed E-state index contributed by atoms with van der Waals surface area (Å²) in [4.78, 5) is 27.0. The minimum atomic E-state index is -1.78. The highest BCUT2D eigenvalue weighted by Gasteiger charge is 2.33. The topological polar surface area (TPSA) is 97.3 Å². The summed E-state index contributed by atoms with van der Waals surface area (Å²) in [5.41, 5.74) is 0.813. The molecule has 0 radical (unpaired) electrons. The second-order valence-corrected chi connectivity index (χ2v) is 8.97. The van der Waals surface area contributed by atoms with Crippen LogP contribution >= 0.6 is 34.8 Å². The van der Waals surface area contributed by atoms with E-state index in [1.807, 2.05) is 0 Å². The number of aliphatic hydroxyl groups excluding tert-OH is 1. The fraction of sp³-hybridized carbons (Fsp3) is 0.556. The van der Waals surface area contributed by atoms with Gasteiger partial charge in [0.15, 0.2) is 0 Å². The largest absolute Gasteiger partial charge is 0.496 e. The Hall–Kier alpha value is -1.61. The summed E-state index contributed by atoms with van der Waals surface area (Å²) in [6.07, 6.45) is 0.537. The molecule has 1 atom stereocenters. The molecule has 0 aromatic heterocycles. The number of amides is 2. The van der Waals surface area contributed by atoms with E-state index in [2.05, 4.69) is 5.32 Å². The Labute approximate surface area is 183 Å². The van der Waals surface area contributed by atoms with Crippen molar-refractivity contribution >= 4 is 52.5 Å². The van der Waals surface area contributed by atoms with Gasteiger partial charge in [-0.2, -0.15) is 0 Å². The van der Waals surface area contributed by atoms with Crippen LogP contribution in [-0.4, -0.2) is 65.8 Å². The Bertz CT molecular complexity index is 769. The number of alkyl halides is 3. The molecule has 1 saturated heterocycles. The lowest BCUT2D eigenvalue weighted by Gasteiger charge is -2.26. The van der Waals surface area contributed by atoms with E-state index in [1.165, 1.54) is 20.3 Å². The molecule has 0 aliphatic carbocycles. The molecule has 11 heteroatoms. The fourth-order valence-electron chi connectivity index (χ4n) is 3.23. The van der Waals surface area contributed by atoms with Gasteiger partial charge >= 0.3 is 6.09 Å². The van der Waals surface area contributed by atoms with Gasteiger partial charge in [-0.05, 0) is 25.8 Å². The molecule has 1 unspecified atom stereocenters. The lowest BCUT2D eigenvalue weighted by molar-refractivity contribution is 0.0678. The predicted molar refractivity (Wildman–Crippen MR) is 111 cm³/mol. The van der Waals surface area contributed by atoms with Crippen LogP contribution in [0, 0.1) is 6.92 Å². The zero-order valence-corrected chi connectivity index (χ0v) is 18.5. The van der Waals surface area contributed by atoms with Gasteiger partial charge in [-0.1, -0.05) is 34.8 Å². The number of methoxy groups -OCH3 is 2. The summed E-state index contributed by atoms with van der Waals surface area (Å²) in [6.45, 7) is 1.57. The standard InChI is InChI=1S/C18H23Cl3N2O6/c1-10-13(27-2)7-12(16(25)23-6-4-5-11(23)8-24)14(15(10)28-3)22-17(26)29-9-18(19,20)21/h7,11,24H,4-6,8-9H2,1-3H3,(H,22,26). The normalized spacial score (nSPS) is 16.5. The van der Waals surface area contributed by atoms with Crippen LogP contribution in [0.3, 0.4) is 0 Å². The van der Waals surface area contributed by atoms with E-state index in [-0.39, 0.29) is 35.6 Å². The first-order valence-electron chi connectivity index (χ1n) is 8.80. The number of halogens is 3. The third kappa shape index (κ3) is 5.72. The predicted octanol–water partition coefficient (Wildman–Crippen LogP) is 3.53. The highest BCUT2D eigenvalue weighted by atomic mass is 35.6. The van der Waals surface area contributed by atoms with Crippen molar-refractivity contribution in [3.05, 3.63) is 17.2 Å². The molecule has 1 fully saturated rings. The number of carbonyl (C=O) groups is 2. The summed E-state index contributed by atoms with van der Waals surface area (Å²) >= 11 is 16.8. The Morgan fingerprint density at radius 3 is 2.55 bits per heavy atom. The van der Waals surface area contributed by atoms with E-state index in [1.54, 1.807) is 11.8 Å². The Morgan fingerprint density at radius 2 is 2.00 bits per heavy atom. The molecular formula is C18H23Cl3N2O6. The van der Waals surface area contributed by atoms with E-state index in [0.717, 1.165) is 6.42 Å². The number of nitrogens with zero attached hydrogens (tertiary/aromatic N) is 1. The minimum Gasteiger partial charge on any atom is -0.496 e. The maximum atomic E-state index is 13.2. The van der Waals surface area contributed by atoms with Crippen molar-refractivity contribution in [3.8, 4) is 11.5 Å². The van der Waals surface area contributed by atoms with Gasteiger partial charge in [0, 0.05) is 12.1 Å². The Balaban J connectivity index is 2.45. The molecule has 2 N–H and O–H groups in total. The van der Waals surface area contributed by atoms with Gasteiger partial charge in [0.1, 0.15) is 18.1 Å². The van der Waals surface area contributed by atoms with Crippen molar-refractivity contribution in [1.29, 1.82) is 0 Å². The van der Waals surface area contributed by atoms with E-state index >= 15 is 0 Å². The third-order valence-corrected chi connectivity index (χ3v) is 4.91. The number of benzene rings is 1. The van der Waals surface area contributed by atoms with Gasteiger partial charge in [0.25, 0.3) is 5.91 Å². The van der Waals surface area contributed by atoms with E-state index in [0.29, 0.717) is 24.3 Å². The average molecular weight is 470 g/mol. The maximum Gasteiger partial charge on any atom is 0.411 e. The number of ether oxygens (including phenoxy) is 3. The summed E-state index contributed by atoms with van der Waals surface area (Å²) in [6, 6.07) is 1.21. The van der Waals surface area contributed by atoms with Crippen LogP contribution in [0.2, 0.25) is 0 Å². The highest BCUT2D eigenvalue weighted by Crippen LogP contribution is 2.40. The fourth-order valence-corrected chi connectivity index (χ4v) is 3.39. The Kier molecular flexibility index (Phi) is 8.10. The van der Waals surface area contributed by atoms with Crippen LogP contribution in [0.25, 0.3) is 0 Å². The van der Waals surface area contributed by atoms with Crippen molar-refractivity contribution < 1.29 is 28.9 Å². The van der Waals surface area contributed by atoms with Crippen molar-refractivity contribution in [2.75, 3.05) is 39.3 Å². The number of likely N-dealkylation sites (tertiary alicyclic amines) is 1. The van der Waals surface area contributed by atoms with Crippen LogP contribution in [0.4, 0.5) is 10.5 Å². The second kappa shape index (κ2) is 9.93. The first-order valence-corrected chi connectivity index (χ1v) is 9.94. The van der Waals surface area contributed by atoms with Gasteiger partial charge in [0.05, 0.1) is 38.1 Å². The number of anilines is 1. The molecule has 1 heterocycles. The van der Waals surface area contributed by atoms with Crippen molar-refractivity contribution in [2.45, 2.75) is 29.6 Å². The molecule has 0 bridgehead atoms. The summed E-state index contributed by atoms with van der Waals surface area (Å²) in [5.74, 6) is 0.262. The van der Waals surface area contributed by atoms with E-state index in [9.17, 15) is 14.7 Å². The van der Waals surface area contributed by atoms with Crippen LogP contribution in [0.15, 0.2) is 6.07 Å². The number of nitrogens with one attached hydrogen (secondary N) is 1. The average Bonchev–Trinajstić information content (AvgIpc) is 3.14. The molecule has 1 aliphatic rings. The highest BCUT2D eigenvalue weighted by molar-refractivity contribution is 6.67. The molecule has 8 nitrogen and oxygen atoms in total. The first-order chi connectivity index (χ1) is 13.6. The van der Waals surface area contributed by atoms with Crippen LogP contribution in [0.1, 0.15) is 28.8 Å². The summed E-state index contributed by atoms with van der Waals surface area (Å²) in [7, 11) is 2.87. The molecular weight excluding hydrogens is 447 g/mol. The van der Waals surface area contributed by atoms with E-state index in [4.69, 9.17) is 49.0 Å². The molecule has 2 rings (SSSR count). The number of rotatable bonds is 6. The lowest BCUT2D eigenvalue weighted by atomic mass is 10.0. The van der Waals surface area contributed by atoms with Gasteiger partial charge in [-0.3, -0.25) is 10.1 Å². The molecule has 0 saturated carbocycles. The second-order valence-electron chi connectivity index (χ2n) is 6.45. The molecule has 1 aromatic rings. The summed E-state index contributed by atoms with van der Waals surface area (Å²) < 4.78 is 13.9. The van der Waals surface area contributed by atoms with Crippen LogP contribution in [-0.2, 0) is 4.74 Å². The van der Waals surface area contributed by atoms with Gasteiger partial charge in [0.2, 0.25) is 3.79 Å². The zero-order chi connectivity index (χ0) is 21.8. The van der Waals surface area contributed by atoms with Crippen molar-refractivity contribution in [2.24, 2.45) is 0 Å². The Morgan fingerprint density at radius 1 is 1.31 bits per heavy atom. The van der Waals surface area contributed by atoms with Crippen molar-refractivity contribution in [1.82, 2.24) is 4.90 Å². The third-order valence-electron chi connectivity index (χ3n) is 4.58. The van der Waals surface area contributed by atoms with E-state index < -0.39 is 16.5 Å². The molecule has 162 valence electrons. The molecule has 1 aliphatic heterocycles. The van der Waals surface area contributed by atoms with Crippen molar-refractivity contribution in [3.63, 3.8) is 0 Å².